The quantitative estimate of drug-likeness (QED) is 0.736. The minimum absolute atomic E-state index is 0.289. The Morgan fingerprint density at radius 2 is 1.46 bits per heavy atom. The molecule has 0 heterocycles. The molecule has 0 aliphatic carbocycles. The normalized spacial score (nSPS) is 11.7. The molecule has 0 unspecified atom stereocenters. The first-order valence-corrected chi connectivity index (χ1v) is 6.24. The van der Waals surface area contributed by atoms with Crippen molar-refractivity contribution in [3.8, 4) is 0 Å². The Kier molecular flexibility index (Phi) is 2.67. The molecule has 0 N–H and O–H groups in total. The van der Waals surface area contributed by atoms with E-state index in [0.717, 1.165) is 0 Å². The second kappa shape index (κ2) is 3.30. The Labute approximate surface area is 79.5 Å². The zero-order valence-corrected chi connectivity index (χ0v) is 8.29. The van der Waals surface area contributed by atoms with E-state index in [0.29, 0.717) is 0 Å². The largest absolute Gasteiger partial charge is 0.243 e. The predicted molar refractivity (Wildman–Crippen MR) is 42.4 cm³/mol. The summed E-state index contributed by atoms with van der Waals surface area (Å²) in [6.45, 7) is 0. The molecule has 0 spiro atoms. The van der Waals surface area contributed by atoms with Gasteiger partial charge in [0.15, 0.2) is 0 Å². The number of hydrogen-bond acceptors (Lipinski definition) is 2. The third kappa shape index (κ3) is 2.22. The summed E-state index contributed by atoms with van der Waals surface area (Å²) in [7, 11) is -4.19. The van der Waals surface area contributed by atoms with Crippen LogP contribution in [0, 0.1) is 17.5 Å². The standard InChI is InChI=1S/C6H2BrF3O2S/c7-13(11,12)6-4(9)1-3(8)2-5(6)10/h1-2H. The van der Waals surface area contributed by atoms with Crippen LogP contribution in [0.15, 0.2) is 17.0 Å². The minimum Gasteiger partial charge on any atom is -0.212 e. The lowest BCUT2D eigenvalue weighted by Crippen LogP contribution is -2.00. The molecule has 0 saturated carbocycles. The van der Waals surface area contributed by atoms with Gasteiger partial charge in [0.25, 0.3) is 0 Å². The van der Waals surface area contributed by atoms with E-state index < -0.39 is 30.6 Å². The lowest BCUT2D eigenvalue weighted by Gasteiger charge is -2.00. The Bertz CT molecular complexity index is 420. The van der Waals surface area contributed by atoms with Gasteiger partial charge in [-0.2, -0.15) is 0 Å². The average molecular weight is 275 g/mol. The van der Waals surface area contributed by atoms with Crippen molar-refractivity contribution >= 4 is 23.1 Å². The SMILES string of the molecule is O=S(=O)(Br)c1c(F)cc(F)cc1F. The van der Waals surface area contributed by atoms with Crippen LogP contribution in [0.2, 0.25) is 0 Å². The lowest BCUT2D eigenvalue weighted by molar-refractivity contribution is 0.501. The van der Waals surface area contributed by atoms with Gasteiger partial charge in [-0.05, 0) is 0 Å². The van der Waals surface area contributed by atoms with E-state index >= 15 is 0 Å². The van der Waals surface area contributed by atoms with Crippen LogP contribution in [0.4, 0.5) is 13.2 Å². The lowest BCUT2D eigenvalue weighted by atomic mass is 10.3. The van der Waals surface area contributed by atoms with Crippen molar-refractivity contribution in [1.29, 1.82) is 0 Å². The van der Waals surface area contributed by atoms with Crippen LogP contribution in [0.3, 0.4) is 0 Å². The van der Waals surface area contributed by atoms with Gasteiger partial charge in [0.1, 0.15) is 22.3 Å². The molecule has 72 valence electrons. The third-order valence-corrected chi connectivity index (χ3v) is 3.06. The number of rotatable bonds is 1. The Morgan fingerprint density at radius 1 is 1.08 bits per heavy atom. The molecule has 0 fully saturated rings. The van der Waals surface area contributed by atoms with Crippen molar-refractivity contribution < 1.29 is 21.6 Å². The van der Waals surface area contributed by atoms with Gasteiger partial charge in [0.2, 0.25) is 8.27 Å². The number of benzene rings is 1. The van der Waals surface area contributed by atoms with Crippen LogP contribution in [0.5, 0.6) is 0 Å². The Balaban J connectivity index is 3.57. The monoisotopic (exact) mass is 274 g/mol. The van der Waals surface area contributed by atoms with Gasteiger partial charge in [-0.25, -0.2) is 21.6 Å². The van der Waals surface area contributed by atoms with E-state index in [1.807, 2.05) is 0 Å². The summed E-state index contributed by atoms with van der Waals surface area (Å²) in [5, 5.41) is 0. The summed E-state index contributed by atoms with van der Waals surface area (Å²) >= 11 is 2.08. The van der Waals surface area contributed by atoms with E-state index in [4.69, 9.17) is 0 Å². The van der Waals surface area contributed by atoms with Gasteiger partial charge < -0.3 is 0 Å². The van der Waals surface area contributed by atoms with E-state index in [-0.39, 0.29) is 12.1 Å². The van der Waals surface area contributed by atoms with Gasteiger partial charge in [-0.1, -0.05) is 0 Å². The van der Waals surface area contributed by atoms with E-state index in [9.17, 15) is 21.6 Å². The smallest absolute Gasteiger partial charge is 0.212 e. The van der Waals surface area contributed by atoms with Crippen LogP contribution in [0.1, 0.15) is 0 Å². The molecular weight excluding hydrogens is 273 g/mol. The van der Waals surface area contributed by atoms with Gasteiger partial charge in [0.05, 0.1) is 14.8 Å². The molecule has 13 heavy (non-hydrogen) atoms. The molecule has 0 saturated heterocycles. The molecule has 1 rings (SSSR count). The molecule has 7 heteroatoms. The van der Waals surface area contributed by atoms with Gasteiger partial charge >= 0.3 is 0 Å². The molecule has 0 radical (unpaired) electrons. The Hall–Kier alpha value is -0.560. The molecule has 0 aromatic heterocycles. The van der Waals surface area contributed by atoms with E-state index in [1.165, 1.54) is 0 Å². The molecule has 0 bridgehead atoms. The molecular formula is C6H2BrF3O2S. The fourth-order valence-corrected chi connectivity index (χ4v) is 2.27. The zero-order valence-electron chi connectivity index (χ0n) is 5.89. The summed E-state index contributed by atoms with van der Waals surface area (Å²) in [6.07, 6.45) is 0. The second-order valence-electron chi connectivity index (χ2n) is 2.14. The first-order chi connectivity index (χ1) is 5.82. The first-order valence-electron chi connectivity index (χ1n) is 2.91. The van der Waals surface area contributed by atoms with E-state index in [1.54, 1.807) is 0 Å². The summed E-state index contributed by atoms with van der Waals surface area (Å²) in [6, 6.07) is 0.578. The molecule has 2 nitrogen and oxygen atoms in total. The van der Waals surface area contributed by atoms with E-state index in [2.05, 4.69) is 14.8 Å². The maximum atomic E-state index is 12.7. The van der Waals surface area contributed by atoms with Crippen molar-refractivity contribution in [3.05, 3.63) is 29.6 Å². The van der Waals surface area contributed by atoms with Crippen molar-refractivity contribution in [3.63, 3.8) is 0 Å². The first kappa shape index (κ1) is 10.5. The fraction of sp³-hybridized carbons (Fsp3) is 0. The summed E-state index contributed by atoms with van der Waals surface area (Å²) in [4.78, 5) is -1.19. The topological polar surface area (TPSA) is 34.1 Å². The summed E-state index contributed by atoms with van der Waals surface area (Å²) in [5.74, 6) is -4.10. The van der Waals surface area contributed by atoms with Crippen molar-refractivity contribution in [2.75, 3.05) is 0 Å². The second-order valence-corrected chi connectivity index (χ2v) is 5.98. The molecule has 0 aliphatic rings. The highest BCUT2D eigenvalue weighted by molar-refractivity contribution is 9.47. The number of hydrogen-bond donors (Lipinski definition) is 0. The van der Waals surface area contributed by atoms with Crippen molar-refractivity contribution in [2.45, 2.75) is 4.90 Å². The van der Waals surface area contributed by atoms with Crippen LogP contribution in [-0.2, 0) is 8.27 Å². The average Bonchev–Trinajstić information content (AvgIpc) is 1.78. The van der Waals surface area contributed by atoms with Crippen LogP contribution >= 0.6 is 14.8 Å². The highest BCUT2D eigenvalue weighted by Gasteiger charge is 2.22. The van der Waals surface area contributed by atoms with Crippen LogP contribution in [-0.4, -0.2) is 8.42 Å². The highest BCUT2D eigenvalue weighted by atomic mass is 79.9. The van der Waals surface area contributed by atoms with Crippen molar-refractivity contribution in [2.24, 2.45) is 0 Å². The fourth-order valence-electron chi connectivity index (χ4n) is 0.762. The maximum absolute atomic E-state index is 12.7. The summed E-state index contributed by atoms with van der Waals surface area (Å²) < 4.78 is 59.1. The van der Waals surface area contributed by atoms with Crippen molar-refractivity contribution in [1.82, 2.24) is 0 Å². The van der Waals surface area contributed by atoms with Gasteiger partial charge in [-0.3, -0.25) is 0 Å². The minimum atomic E-state index is -4.19. The van der Waals surface area contributed by atoms with Crippen LogP contribution < -0.4 is 0 Å². The molecule has 1 aromatic carbocycles. The predicted octanol–water partition coefficient (Wildman–Crippen LogP) is 2.19. The number of halogens is 4. The summed E-state index contributed by atoms with van der Waals surface area (Å²) in [5.41, 5.74) is 0. The molecule has 0 atom stereocenters. The highest BCUT2D eigenvalue weighted by Crippen LogP contribution is 2.24. The molecule has 0 aliphatic heterocycles. The molecule has 1 aromatic rings. The van der Waals surface area contributed by atoms with Gasteiger partial charge in [0, 0.05) is 12.1 Å². The zero-order chi connectivity index (χ0) is 10.2. The van der Waals surface area contributed by atoms with Crippen LogP contribution in [0.25, 0.3) is 0 Å². The Morgan fingerprint density at radius 3 is 1.77 bits per heavy atom. The third-order valence-electron chi connectivity index (χ3n) is 1.21. The molecule has 0 amide bonds. The maximum Gasteiger partial charge on any atom is 0.243 e. The van der Waals surface area contributed by atoms with Gasteiger partial charge in [-0.15, -0.1) is 0 Å².